The summed E-state index contributed by atoms with van der Waals surface area (Å²) in [5.74, 6) is 0.311. The molecular weight excluding hydrogens is 149 g/mol. The van der Waals surface area contributed by atoms with Gasteiger partial charge in [-0.1, -0.05) is 6.07 Å². The molecule has 0 aromatic heterocycles. The van der Waals surface area contributed by atoms with Gasteiger partial charge >= 0.3 is 29.6 Å². The number of aromatic hydroxyl groups is 1. The fourth-order valence-corrected chi connectivity index (χ4v) is 0.771. The van der Waals surface area contributed by atoms with Crippen molar-refractivity contribution in [2.75, 3.05) is 19.0 Å². The van der Waals surface area contributed by atoms with Crippen molar-refractivity contribution in [2.24, 2.45) is 0 Å². The maximum atomic E-state index is 9.04. The maximum Gasteiger partial charge on any atom is 1.00 e. The van der Waals surface area contributed by atoms with E-state index in [1.165, 1.54) is 0 Å². The molecule has 1 N–H and O–H groups in total. The molecule has 0 radical (unpaired) electrons. The van der Waals surface area contributed by atoms with Crippen molar-refractivity contribution in [3.05, 3.63) is 24.3 Å². The minimum Gasteiger partial charge on any atom is -0.508 e. The number of anilines is 1. The molecule has 0 saturated carbocycles. The first-order valence-corrected chi connectivity index (χ1v) is 3.16. The van der Waals surface area contributed by atoms with Gasteiger partial charge in [0, 0.05) is 25.8 Å². The number of phenols is 1. The molecule has 0 saturated heterocycles. The van der Waals surface area contributed by atoms with Gasteiger partial charge in [0.25, 0.3) is 0 Å². The van der Waals surface area contributed by atoms with Crippen LogP contribution in [0.5, 0.6) is 5.75 Å². The third kappa shape index (κ3) is 3.14. The van der Waals surface area contributed by atoms with E-state index < -0.39 is 0 Å². The van der Waals surface area contributed by atoms with Crippen LogP contribution in [0.25, 0.3) is 0 Å². The van der Waals surface area contributed by atoms with Crippen LogP contribution in [-0.2, 0) is 0 Å². The van der Waals surface area contributed by atoms with Gasteiger partial charge in [-0.2, -0.15) is 0 Å². The van der Waals surface area contributed by atoms with E-state index in [4.69, 9.17) is 5.11 Å². The zero-order valence-corrected chi connectivity index (χ0v) is 9.20. The van der Waals surface area contributed by atoms with Crippen molar-refractivity contribution >= 4 is 5.69 Å². The van der Waals surface area contributed by atoms with E-state index in [-0.39, 0.29) is 29.6 Å². The van der Waals surface area contributed by atoms with E-state index in [0.717, 1.165) is 5.69 Å². The monoisotopic (exact) mass is 160 g/mol. The number of benzene rings is 1. The summed E-state index contributed by atoms with van der Waals surface area (Å²) >= 11 is 0. The summed E-state index contributed by atoms with van der Waals surface area (Å²) in [6.07, 6.45) is 0. The van der Waals surface area contributed by atoms with Gasteiger partial charge in [0.2, 0.25) is 0 Å². The Hall–Kier alpha value is -0.180. The largest absolute Gasteiger partial charge is 1.00 e. The summed E-state index contributed by atoms with van der Waals surface area (Å²) < 4.78 is 0. The molecule has 0 bridgehead atoms. The Morgan fingerprint density at radius 3 is 2.27 bits per heavy atom. The van der Waals surface area contributed by atoms with Crippen LogP contribution in [0.3, 0.4) is 0 Å². The second-order valence-corrected chi connectivity index (χ2v) is 2.41. The molecule has 0 spiro atoms. The fraction of sp³-hybridized carbons (Fsp3) is 0.250. The molecule has 0 fully saturated rings. The van der Waals surface area contributed by atoms with Crippen LogP contribution in [0.1, 0.15) is 0 Å². The molecule has 0 aliphatic carbocycles. The van der Waals surface area contributed by atoms with E-state index >= 15 is 0 Å². The predicted molar refractivity (Wildman–Crippen MR) is 42.4 cm³/mol. The van der Waals surface area contributed by atoms with E-state index in [9.17, 15) is 0 Å². The SMILES string of the molecule is CN(C)c1cccc(O)c1.[Na+]. The summed E-state index contributed by atoms with van der Waals surface area (Å²) in [5.41, 5.74) is 1.01. The molecule has 0 heterocycles. The summed E-state index contributed by atoms with van der Waals surface area (Å²) in [5, 5.41) is 9.04. The number of phenolic OH excluding ortho intramolecular Hbond substituents is 1. The van der Waals surface area contributed by atoms with Gasteiger partial charge in [-0.3, -0.25) is 0 Å². The number of rotatable bonds is 1. The Bertz CT molecular complexity index is 225. The number of hydrogen-bond acceptors (Lipinski definition) is 2. The van der Waals surface area contributed by atoms with E-state index in [2.05, 4.69) is 0 Å². The standard InChI is InChI=1S/C8H11NO.Na/c1-9(2)7-4-3-5-8(10)6-7;/h3-6,10H,1-2H3;/q;+1. The quantitative estimate of drug-likeness (QED) is 0.503. The smallest absolute Gasteiger partial charge is 0.508 e. The molecule has 0 aliphatic heterocycles. The summed E-state index contributed by atoms with van der Waals surface area (Å²) in [6.45, 7) is 0. The molecule has 11 heavy (non-hydrogen) atoms. The molecule has 0 unspecified atom stereocenters. The molecule has 0 aliphatic rings. The van der Waals surface area contributed by atoms with Crippen LogP contribution in [-0.4, -0.2) is 19.2 Å². The third-order valence-corrected chi connectivity index (χ3v) is 1.35. The van der Waals surface area contributed by atoms with E-state index in [1.807, 2.05) is 31.1 Å². The van der Waals surface area contributed by atoms with Gasteiger partial charge in [-0.25, -0.2) is 0 Å². The Morgan fingerprint density at radius 1 is 1.27 bits per heavy atom. The van der Waals surface area contributed by atoms with Gasteiger partial charge in [0.15, 0.2) is 0 Å². The van der Waals surface area contributed by atoms with Gasteiger partial charge in [-0.05, 0) is 12.1 Å². The molecule has 0 amide bonds. The van der Waals surface area contributed by atoms with Gasteiger partial charge in [-0.15, -0.1) is 0 Å². The molecule has 54 valence electrons. The molecule has 1 aromatic carbocycles. The molecule has 1 aromatic rings. The van der Waals surface area contributed by atoms with Crippen molar-refractivity contribution in [1.82, 2.24) is 0 Å². The van der Waals surface area contributed by atoms with E-state index in [1.54, 1.807) is 12.1 Å². The third-order valence-electron chi connectivity index (χ3n) is 1.35. The molecule has 1 rings (SSSR count). The summed E-state index contributed by atoms with van der Waals surface area (Å²) in [4.78, 5) is 1.94. The Morgan fingerprint density at radius 2 is 1.91 bits per heavy atom. The summed E-state index contributed by atoms with van der Waals surface area (Å²) in [6, 6.07) is 7.15. The van der Waals surface area contributed by atoms with Gasteiger partial charge in [0.05, 0.1) is 0 Å². The first kappa shape index (κ1) is 10.8. The number of hydrogen-bond donors (Lipinski definition) is 1. The van der Waals surface area contributed by atoms with Crippen molar-refractivity contribution in [3.63, 3.8) is 0 Å². The summed E-state index contributed by atoms with van der Waals surface area (Å²) in [7, 11) is 3.88. The first-order chi connectivity index (χ1) is 4.70. The maximum absolute atomic E-state index is 9.04. The normalized spacial score (nSPS) is 8.55. The number of nitrogens with zero attached hydrogens (tertiary/aromatic N) is 1. The fourth-order valence-electron chi connectivity index (χ4n) is 0.771. The van der Waals surface area contributed by atoms with Crippen molar-refractivity contribution in [3.8, 4) is 5.75 Å². The zero-order valence-electron chi connectivity index (χ0n) is 7.20. The van der Waals surface area contributed by atoms with Gasteiger partial charge < -0.3 is 10.0 Å². The van der Waals surface area contributed by atoms with Crippen LogP contribution in [0, 0.1) is 0 Å². The first-order valence-electron chi connectivity index (χ1n) is 3.16. The van der Waals surface area contributed by atoms with Crippen molar-refractivity contribution in [1.29, 1.82) is 0 Å². The van der Waals surface area contributed by atoms with Crippen LogP contribution >= 0.6 is 0 Å². The Balaban J connectivity index is 0.000001000. The van der Waals surface area contributed by atoms with E-state index in [0.29, 0.717) is 5.75 Å². The molecule has 2 nitrogen and oxygen atoms in total. The second-order valence-electron chi connectivity index (χ2n) is 2.41. The Kier molecular flexibility index (Phi) is 4.57. The predicted octanol–water partition coefficient (Wildman–Crippen LogP) is -1.54. The average molecular weight is 160 g/mol. The van der Waals surface area contributed by atoms with Crippen LogP contribution in [0.15, 0.2) is 24.3 Å². The van der Waals surface area contributed by atoms with Gasteiger partial charge in [0.1, 0.15) is 5.75 Å². The molecule has 0 atom stereocenters. The van der Waals surface area contributed by atoms with Crippen LogP contribution in [0.4, 0.5) is 5.69 Å². The Labute approximate surface area is 89.1 Å². The topological polar surface area (TPSA) is 23.5 Å². The second kappa shape index (κ2) is 4.65. The minimum absolute atomic E-state index is 0. The minimum atomic E-state index is 0. The molecular formula is C8H11NNaO+. The average Bonchev–Trinajstić information content (AvgIpc) is 1.88. The van der Waals surface area contributed by atoms with Crippen molar-refractivity contribution < 1.29 is 34.7 Å². The van der Waals surface area contributed by atoms with Crippen molar-refractivity contribution in [2.45, 2.75) is 0 Å². The zero-order chi connectivity index (χ0) is 7.56. The van der Waals surface area contributed by atoms with Crippen LogP contribution < -0.4 is 34.5 Å². The molecule has 3 heteroatoms. The van der Waals surface area contributed by atoms with Crippen LogP contribution in [0.2, 0.25) is 0 Å².